The quantitative estimate of drug-likeness (QED) is 0.531. The van der Waals surface area contributed by atoms with Gasteiger partial charge in [-0.25, -0.2) is 4.99 Å². The summed E-state index contributed by atoms with van der Waals surface area (Å²) in [5.41, 5.74) is 0.975. The molecule has 1 aliphatic heterocycles. The number of para-hydroxylation sites is 1. The van der Waals surface area contributed by atoms with Gasteiger partial charge in [-0.2, -0.15) is 0 Å². The Hall–Kier alpha value is -2.80. The number of nitrogens with zero attached hydrogens (tertiary/aromatic N) is 2. The molecule has 3 N–H and O–H groups in total. The first-order valence-electron chi connectivity index (χ1n) is 9.18. The minimum Gasteiger partial charge on any atom is -0.466 e. The number of furan rings is 1. The van der Waals surface area contributed by atoms with Gasteiger partial charge < -0.3 is 25.1 Å². The highest BCUT2D eigenvalue weighted by Crippen LogP contribution is 2.27. The highest BCUT2D eigenvalue weighted by atomic mass is 16.4. The molecule has 27 heavy (non-hydrogen) atoms. The number of nitrogens with one attached hydrogen (secondary N) is 2. The van der Waals surface area contributed by atoms with Gasteiger partial charge in [-0.15, -0.1) is 0 Å². The van der Waals surface area contributed by atoms with Gasteiger partial charge in [0.15, 0.2) is 5.96 Å². The maximum atomic E-state index is 12.6. The fourth-order valence-corrected chi connectivity index (χ4v) is 3.10. The van der Waals surface area contributed by atoms with E-state index in [0.29, 0.717) is 24.8 Å². The smallest absolute Gasteiger partial charge is 0.248 e. The van der Waals surface area contributed by atoms with Crippen LogP contribution in [0.3, 0.4) is 0 Å². The van der Waals surface area contributed by atoms with Crippen molar-refractivity contribution in [1.82, 2.24) is 10.6 Å². The van der Waals surface area contributed by atoms with Gasteiger partial charge in [-0.3, -0.25) is 4.79 Å². The number of hydrogen-bond acceptors (Lipinski definition) is 4. The molecule has 3 rings (SSSR count). The summed E-state index contributed by atoms with van der Waals surface area (Å²) in [5, 5.41) is 16.7. The van der Waals surface area contributed by atoms with Crippen molar-refractivity contribution in [2.45, 2.75) is 25.9 Å². The molecule has 0 saturated carbocycles. The summed E-state index contributed by atoms with van der Waals surface area (Å²) < 4.78 is 5.28. The molecule has 1 atom stereocenters. The molecular weight excluding hydrogens is 344 g/mol. The highest BCUT2D eigenvalue weighted by Gasteiger charge is 2.27. The predicted octanol–water partition coefficient (Wildman–Crippen LogP) is 1.63. The molecular formula is C20H26N4O3. The van der Waals surface area contributed by atoms with Crippen LogP contribution in [0.4, 0.5) is 5.69 Å². The first-order chi connectivity index (χ1) is 13.0. The van der Waals surface area contributed by atoms with Gasteiger partial charge in [0.25, 0.3) is 0 Å². The lowest BCUT2D eigenvalue weighted by Crippen LogP contribution is -2.45. The van der Waals surface area contributed by atoms with Gasteiger partial charge in [0, 0.05) is 18.8 Å². The van der Waals surface area contributed by atoms with Gasteiger partial charge >= 0.3 is 0 Å². The average Bonchev–Trinajstić information content (AvgIpc) is 3.34. The molecule has 7 heteroatoms. The van der Waals surface area contributed by atoms with Crippen LogP contribution in [0.25, 0.3) is 0 Å². The Labute approximate surface area is 159 Å². The highest BCUT2D eigenvalue weighted by molar-refractivity contribution is 5.98. The Morgan fingerprint density at radius 2 is 2.11 bits per heavy atom. The molecule has 2 aromatic rings. The van der Waals surface area contributed by atoms with Crippen molar-refractivity contribution in [1.29, 1.82) is 0 Å². The number of anilines is 1. The van der Waals surface area contributed by atoms with Crippen molar-refractivity contribution in [3.63, 3.8) is 0 Å². The van der Waals surface area contributed by atoms with E-state index in [4.69, 9.17) is 4.42 Å². The van der Waals surface area contributed by atoms with E-state index in [1.807, 2.05) is 31.2 Å². The maximum Gasteiger partial charge on any atom is 0.248 e. The number of benzene rings is 1. The third-order valence-corrected chi connectivity index (χ3v) is 4.56. The lowest BCUT2D eigenvalue weighted by molar-refractivity contribution is -0.117. The van der Waals surface area contributed by atoms with Gasteiger partial charge in [-0.1, -0.05) is 18.2 Å². The van der Waals surface area contributed by atoms with Crippen LogP contribution in [0.15, 0.2) is 52.1 Å². The fourth-order valence-electron chi connectivity index (χ4n) is 3.10. The van der Waals surface area contributed by atoms with Crippen molar-refractivity contribution < 1.29 is 14.3 Å². The Kier molecular flexibility index (Phi) is 5.81. The summed E-state index contributed by atoms with van der Waals surface area (Å²) in [5.74, 6) is 0.899. The maximum absolute atomic E-state index is 12.6. The number of rotatable bonds is 6. The van der Waals surface area contributed by atoms with E-state index in [2.05, 4.69) is 15.6 Å². The third kappa shape index (κ3) is 4.49. The second-order valence-electron chi connectivity index (χ2n) is 6.72. The molecule has 2 heterocycles. The van der Waals surface area contributed by atoms with E-state index < -0.39 is 5.60 Å². The summed E-state index contributed by atoms with van der Waals surface area (Å²) in [6, 6.07) is 11.4. The summed E-state index contributed by atoms with van der Waals surface area (Å²) in [7, 11) is 0. The standard InChI is InChI=1S/C20H26N4O3/c1-3-21-19(23-14-20(2,26)17-9-6-12-27-17)22-13-18(25)24-11-10-15-7-4-5-8-16(15)24/h4-9,12,26H,3,10-11,13-14H2,1-2H3,(H2,21,22,23). The molecule has 0 aliphatic carbocycles. The van der Waals surface area contributed by atoms with E-state index in [1.54, 1.807) is 24.0 Å². The van der Waals surface area contributed by atoms with Crippen LogP contribution in [-0.2, 0) is 16.8 Å². The Bertz CT molecular complexity index is 799. The molecule has 1 aliphatic rings. The van der Waals surface area contributed by atoms with Gasteiger partial charge in [-0.05, 0) is 44.0 Å². The van der Waals surface area contributed by atoms with Crippen molar-refractivity contribution >= 4 is 17.6 Å². The Morgan fingerprint density at radius 1 is 1.30 bits per heavy atom. The Balaban J connectivity index is 1.61. The van der Waals surface area contributed by atoms with Crippen molar-refractivity contribution in [2.24, 2.45) is 4.99 Å². The molecule has 0 bridgehead atoms. The zero-order valence-corrected chi connectivity index (χ0v) is 15.7. The van der Waals surface area contributed by atoms with Crippen LogP contribution < -0.4 is 15.5 Å². The van der Waals surface area contributed by atoms with Gasteiger partial charge in [0.05, 0.1) is 12.8 Å². The number of carbonyl (C=O) groups excluding carboxylic acids is 1. The lowest BCUT2D eigenvalue weighted by atomic mass is 10.0. The molecule has 0 spiro atoms. The van der Waals surface area contributed by atoms with E-state index in [9.17, 15) is 9.90 Å². The van der Waals surface area contributed by atoms with Crippen LogP contribution in [0.5, 0.6) is 0 Å². The van der Waals surface area contributed by atoms with Gasteiger partial charge in [0.2, 0.25) is 5.91 Å². The molecule has 0 radical (unpaired) electrons. The molecule has 1 unspecified atom stereocenters. The van der Waals surface area contributed by atoms with E-state index in [1.165, 1.54) is 11.8 Å². The second kappa shape index (κ2) is 8.26. The minimum absolute atomic E-state index is 0.0343. The SMILES string of the molecule is CCNC(=NCC(=O)N1CCc2ccccc21)NCC(C)(O)c1ccco1. The number of aliphatic imine (C=N–C) groups is 1. The average molecular weight is 370 g/mol. The minimum atomic E-state index is -1.18. The summed E-state index contributed by atoms with van der Waals surface area (Å²) >= 11 is 0. The van der Waals surface area contributed by atoms with Crippen LogP contribution >= 0.6 is 0 Å². The molecule has 0 fully saturated rings. The van der Waals surface area contributed by atoms with E-state index >= 15 is 0 Å². The number of guanidine groups is 1. The summed E-state index contributed by atoms with van der Waals surface area (Å²) in [4.78, 5) is 18.8. The third-order valence-electron chi connectivity index (χ3n) is 4.56. The molecule has 1 aromatic carbocycles. The van der Waals surface area contributed by atoms with E-state index in [0.717, 1.165) is 12.1 Å². The van der Waals surface area contributed by atoms with Crippen molar-refractivity contribution in [3.8, 4) is 0 Å². The number of hydrogen-bond donors (Lipinski definition) is 3. The normalized spacial score (nSPS) is 16.0. The lowest BCUT2D eigenvalue weighted by Gasteiger charge is -2.23. The molecule has 144 valence electrons. The number of fused-ring (bicyclic) bond motifs is 1. The predicted molar refractivity (Wildman–Crippen MR) is 105 cm³/mol. The van der Waals surface area contributed by atoms with Crippen LogP contribution in [0.1, 0.15) is 25.2 Å². The number of carbonyl (C=O) groups is 1. The summed E-state index contributed by atoms with van der Waals surface area (Å²) in [6.45, 7) is 5.18. The molecule has 0 saturated heterocycles. The van der Waals surface area contributed by atoms with Crippen LogP contribution in [0, 0.1) is 0 Å². The van der Waals surface area contributed by atoms with Crippen LogP contribution in [-0.4, -0.2) is 43.2 Å². The van der Waals surface area contributed by atoms with Crippen LogP contribution in [0.2, 0.25) is 0 Å². The first-order valence-corrected chi connectivity index (χ1v) is 9.18. The van der Waals surface area contributed by atoms with Crippen molar-refractivity contribution in [2.75, 3.05) is 31.1 Å². The first kappa shape index (κ1) is 19.0. The number of amides is 1. The Morgan fingerprint density at radius 3 is 2.85 bits per heavy atom. The fraction of sp³-hybridized carbons (Fsp3) is 0.400. The largest absolute Gasteiger partial charge is 0.466 e. The van der Waals surface area contributed by atoms with E-state index in [-0.39, 0.29) is 19.0 Å². The zero-order chi connectivity index (χ0) is 19.3. The van der Waals surface area contributed by atoms with Gasteiger partial charge in [0.1, 0.15) is 17.9 Å². The molecule has 1 aromatic heterocycles. The summed E-state index contributed by atoms with van der Waals surface area (Å²) in [6.07, 6.45) is 2.39. The van der Waals surface area contributed by atoms with Crippen molar-refractivity contribution in [3.05, 3.63) is 54.0 Å². The number of aliphatic hydroxyl groups is 1. The molecule has 7 nitrogen and oxygen atoms in total. The monoisotopic (exact) mass is 370 g/mol. The topological polar surface area (TPSA) is 90.1 Å². The second-order valence-corrected chi connectivity index (χ2v) is 6.72. The zero-order valence-electron chi connectivity index (χ0n) is 15.7. The molecule has 1 amide bonds.